The molecule has 0 saturated heterocycles. The largest absolute Gasteiger partial charge is 0.492 e. The fraction of sp³-hybridized carbons (Fsp3) is 0.400. The normalized spacial score (nSPS) is 12.4. The van der Waals surface area contributed by atoms with E-state index in [9.17, 15) is 9.50 Å². The molecule has 0 fully saturated rings. The number of benzene rings is 1. The second kappa shape index (κ2) is 5.47. The quantitative estimate of drug-likeness (QED) is 0.885. The number of aliphatic hydroxyl groups is 1. The van der Waals surface area contributed by atoms with Crippen LogP contribution in [0.3, 0.4) is 0 Å². The second-order valence-electron chi connectivity index (χ2n) is 3.07. The van der Waals surface area contributed by atoms with Gasteiger partial charge in [0, 0.05) is 6.54 Å². The topological polar surface area (TPSA) is 64.7 Å². The highest BCUT2D eigenvalue weighted by atomic mass is 79.9. The summed E-state index contributed by atoms with van der Waals surface area (Å²) < 4.78 is 24.2. The Labute approximate surface area is 101 Å². The molecular formula is C10H13BrFNO3. The van der Waals surface area contributed by atoms with Crippen molar-refractivity contribution in [3.63, 3.8) is 0 Å². The van der Waals surface area contributed by atoms with Crippen LogP contribution < -0.4 is 15.2 Å². The van der Waals surface area contributed by atoms with E-state index in [2.05, 4.69) is 15.9 Å². The van der Waals surface area contributed by atoms with Gasteiger partial charge in [-0.05, 0) is 22.0 Å². The number of nitrogens with two attached hydrogens (primary N) is 1. The molecule has 0 amide bonds. The Balaban J connectivity index is 3.45. The minimum absolute atomic E-state index is 0.00468. The fourth-order valence-electron chi connectivity index (χ4n) is 1.41. The van der Waals surface area contributed by atoms with E-state index in [-0.39, 0.29) is 17.9 Å². The Morgan fingerprint density at radius 2 is 2.00 bits per heavy atom. The molecule has 0 heterocycles. The Hall–Kier alpha value is -0.850. The van der Waals surface area contributed by atoms with E-state index in [1.165, 1.54) is 20.3 Å². The average molecular weight is 294 g/mol. The zero-order valence-electron chi connectivity index (χ0n) is 8.96. The molecule has 4 nitrogen and oxygen atoms in total. The van der Waals surface area contributed by atoms with Crippen molar-refractivity contribution >= 4 is 15.9 Å². The summed E-state index contributed by atoms with van der Waals surface area (Å²) in [5.41, 5.74) is 5.31. The minimum Gasteiger partial charge on any atom is -0.492 e. The van der Waals surface area contributed by atoms with E-state index in [0.717, 1.165) is 0 Å². The number of methoxy groups -OCH3 is 2. The molecule has 1 aromatic rings. The van der Waals surface area contributed by atoms with Crippen LogP contribution in [-0.4, -0.2) is 25.9 Å². The SMILES string of the molecule is COc1c(Br)cc(F)c(C(O)CN)c1OC. The van der Waals surface area contributed by atoms with E-state index in [1.54, 1.807) is 0 Å². The number of rotatable bonds is 4. The van der Waals surface area contributed by atoms with Crippen molar-refractivity contribution in [3.8, 4) is 11.5 Å². The van der Waals surface area contributed by atoms with Crippen molar-refractivity contribution in [1.82, 2.24) is 0 Å². The van der Waals surface area contributed by atoms with Crippen LogP contribution in [0.2, 0.25) is 0 Å². The summed E-state index contributed by atoms with van der Waals surface area (Å²) in [5.74, 6) is -0.124. The van der Waals surface area contributed by atoms with Crippen LogP contribution in [-0.2, 0) is 0 Å². The summed E-state index contributed by atoms with van der Waals surface area (Å²) in [7, 11) is 2.80. The van der Waals surface area contributed by atoms with Crippen molar-refractivity contribution in [1.29, 1.82) is 0 Å². The summed E-state index contributed by atoms with van der Waals surface area (Å²) in [6.45, 7) is -0.0991. The molecule has 0 spiro atoms. The third kappa shape index (κ3) is 2.28. The molecule has 1 aromatic carbocycles. The lowest BCUT2D eigenvalue weighted by molar-refractivity contribution is 0.175. The highest BCUT2D eigenvalue weighted by molar-refractivity contribution is 9.10. The van der Waals surface area contributed by atoms with E-state index < -0.39 is 11.9 Å². The van der Waals surface area contributed by atoms with Gasteiger partial charge in [0.2, 0.25) is 0 Å². The number of aliphatic hydroxyl groups excluding tert-OH is 1. The molecule has 3 N–H and O–H groups in total. The average Bonchev–Trinajstić information content (AvgIpc) is 2.27. The van der Waals surface area contributed by atoms with E-state index in [1.807, 2.05) is 0 Å². The smallest absolute Gasteiger partial charge is 0.175 e. The van der Waals surface area contributed by atoms with Crippen LogP contribution in [0.25, 0.3) is 0 Å². The van der Waals surface area contributed by atoms with Gasteiger partial charge in [-0.2, -0.15) is 0 Å². The van der Waals surface area contributed by atoms with Gasteiger partial charge in [-0.15, -0.1) is 0 Å². The lowest BCUT2D eigenvalue weighted by Crippen LogP contribution is -2.15. The fourth-order valence-corrected chi connectivity index (χ4v) is 1.96. The molecule has 0 bridgehead atoms. The van der Waals surface area contributed by atoms with Crippen molar-refractivity contribution in [2.75, 3.05) is 20.8 Å². The lowest BCUT2D eigenvalue weighted by atomic mass is 10.1. The van der Waals surface area contributed by atoms with Crippen LogP contribution in [0, 0.1) is 5.82 Å². The Morgan fingerprint density at radius 1 is 1.44 bits per heavy atom. The Morgan fingerprint density at radius 3 is 2.44 bits per heavy atom. The minimum atomic E-state index is -1.13. The second-order valence-corrected chi connectivity index (χ2v) is 3.93. The summed E-state index contributed by atoms with van der Waals surface area (Å²) in [6, 6.07) is 1.20. The van der Waals surface area contributed by atoms with Gasteiger partial charge >= 0.3 is 0 Å². The maximum atomic E-state index is 13.7. The summed E-state index contributed by atoms with van der Waals surface area (Å²) >= 11 is 3.15. The van der Waals surface area contributed by atoms with Crippen LogP contribution >= 0.6 is 15.9 Å². The van der Waals surface area contributed by atoms with Gasteiger partial charge in [-0.25, -0.2) is 4.39 Å². The first kappa shape index (κ1) is 13.2. The number of hydrogen-bond donors (Lipinski definition) is 2. The standard InChI is InChI=1S/C10H13BrFNO3/c1-15-9-5(11)3-6(12)8(7(14)4-13)10(9)16-2/h3,7,14H,4,13H2,1-2H3. The van der Waals surface area contributed by atoms with Crippen LogP contribution in [0.5, 0.6) is 11.5 Å². The van der Waals surface area contributed by atoms with Gasteiger partial charge in [0.05, 0.1) is 30.4 Å². The van der Waals surface area contributed by atoms with Gasteiger partial charge < -0.3 is 20.3 Å². The molecule has 0 aromatic heterocycles. The van der Waals surface area contributed by atoms with Gasteiger partial charge in [0.1, 0.15) is 5.82 Å². The zero-order valence-corrected chi connectivity index (χ0v) is 10.5. The predicted octanol–water partition coefficient (Wildman–Crippen LogP) is 1.60. The monoisotopic (exact) mass is 293 g/mol. The molecule has 1 unspecified atom stereocenters. The summed E-state index contributed by atoms with van der Waals surface area (Å²) in [5, 5.41) is 9.62. The predicted molar refractivity (Wildman–Crippen MR) is 61.2 cm³/mol. The van der Waals surface area contributed by atoms with E-state index >= 15 is 0 Å². The number of halogens is 2. The highest BCUT2D eigenvalue weighted by Crippen LogP contribution is 2.41. The van der Waals surface area contributed by atoms with Crippen molar-refractivity contribution in [2.45, 2.75) is 6.10 Å². The maximum absolute atomic E-state index is 13.7. The molecular weight excluding hydrogens is 281 g/mol. The molecule has 0 aliphatic carbocycles. The molecule has 6 heteroatoms. The lowest BCUT2D eigenvalue weighted by Gasteiger charge is -2.17. The Kier molecular flexibility index (Phi) is 4.52. The first-order chi connectivity index (χ1) is 7.56. The van der Waals surface area contributed by atoms with Crippen molar-refractivity contribution in [3.05, 3.63) is 21.9 Å². The molecule has 1 rings (SSSR count). The molecule has 0 aliphatic heterocycles. The molecule has 0 saturated carbocycles. The molecule has 16 heavy (non-hydrogen) atoms. The number of hydrogen-bond acceptors (Lipinski definition) is 4. The third-order valence-electron chi connectivity index (χ3n) is 2.14. The van der Waals surface area contributed by atoms with Crippen molar-refractivity contribution < 1.29 is 19.0 Å². The summed E-state index contributed by atoms with van der Waals surface area (Å²) in [4.78, 5) is 0. The first-order valence-corrected chi connectivity index (χ1v) is 5.34. The van der Waals surface area contributed by atoms with Gasteiger partial charge in [-0.3, -0.25) is 0 Å². The van der Waals surface area contributed by atoms with Gasteiger partial charge in [-0.1, -0.05) is 0 Å². The van der Waals surface area contributed by atoms with Crippen LogP contribution in [0.1, 0.15) is 11.7 Å². The summed E-state index contributed by atoms with van der Waals surface area (Å²) in [6.07, 6.45) is -1.13. The first-order valence-electron chi connectivity index (χ1n) is 4.54. The molecule has 90 valence electrons. The zero-order chi connectivity index (χ0) is 12.3. The van der Waals surface area contributed by atoms with Crippen LogP contribution in [0.15, 0.2) is 10.5 Å². The Bertz CT molecular complexity index is 387. The van der Waals surface area contributed by atoms with Gasteiger partial charge in [0.15, 0.2) is 11.5 Å². The molecule has 0 aliphatic rings. The van der Waals surface area contributed by atoms with E-state index in [0.29, 0.717) is 10.2 Å². The number of ether oxygens (including phenoxy) is 2. The molecule has 1 atom stereocenters. The van der Waals surface area contributed by atoms with Crippen LogP contribution in [0.4, 0.5) is 4.39 Å². The maximum Gasteiger partial charge on any atom is 0.175 e. The van der Waals surface area contributed by atoms with Crippen molar-refractivity contribution in [2.24, 2.45) is 5.73 Å². The van der Waals surface area contributed by atoms with Gasteiger partial charge in [0.25, 0.3) is 0 Å². The third-order valence-corrected chi connectivity index (χ3v) is 2.73. The highest BCUT2D eigenvalue weighted by Gasteiger charge is 2.23. The molecule has 0 radical (unpaired) electrons. The van der Waals surface area contributed by atoms with E-state index in [4.69, 9.17) is 15.2 Å².